The molecule has 29 heavy (non-hydrogen) atoms. The van der Waals surface area contributed by atoms with E-state index in [0.29, 0.717) is 5.69 Å². The lowest BCUT2D eigenvalue weighted by molar-refractivity contribution is -0.117. The summed E-state index contributed by atoms with van der Waals surface area (Å²) >= 11 is 0. The zero-order chi connectivity index (χ0) is 20.8. The Bertz CT molecular complexity index is 845. The maximum Gasteiger partial charge on any atom is 0.226 e. The number of halogens is 1. The van der Waals surface area contributed by atoms with E-state index in [2.05, 4.69) is 17.1 Å². The van der Waals surface area contributed by atoms with Crippen LogP contribution in [0.1, 0.15) is 33.1 Å². The van der Waals surface area contributed by atoms with Gasteiger partial charge in [-0.3, -0.25) is 9.59 Å². The first-order valence-corrected chi connectivity index (χ1v) is 10.1. The summed E-state index contributed by atoms with van der Waals surface area (Å²) in [6.45, 7) is 5.89. The van der Waals surface area contributed by atoms with E-state index >= 15 is 0 Å². The van der Waals surface area contributed by atoms with Crippen LogP contribution in [0.2, 0.25) is 0 Å². The van der Waals surface area contributed by atoms with Gasteiger partial charge in [-0.25, -0.2) is 4.39 Å². The standard InChI is InChI=1S/C23H28FN3O2/c1-17-11-14-26(15-12-17)20-9-7-19(8-10-20)25-23(29)13-16-27(18(2)28)22-6-4-3-5-21(22)24/h3-10,17H,11-16H2,1-2H3,(H,25,29). The van der Waals surface area contributed by atoms with E-state index in [9.17, 15) is 14.0 Å². The summed E-state index contributed by atoms with van der Waals surface area (Å²) in [4.78, 5) is 27.9. The predicted molar refractivity (Wildman–Crippen MR) is 115 cm³/mol. The molecule has 1 fully saturated rings. The second-order valence-corrected chi connectivity index (χ2v) is 7.64. The molecule has 5 nitrogen and oxygen atoms in total. The van der Waals surface area contributed by atoms with Crippen LogP contribution in [0.25, 0.3) is 0 Å². The summed E-state index contributed by atoms with van der Waals surface area (Å²) in [7, 11) is 0. The van der Waals surface area contributed by atoms with Crippen LogP contribution in [-0.2, 0) is 9.59 Å². The van der Waals surface area contributed by atoms with Crippen LogP contribution in [0.4, 0.5) is 21.5 Å². The van der Waals surface area contributed by atoms with Gasteiger partial charge >= 0.3 is 0 Å². The van der Waals surface area contributed by atoms with E-state index in [0.717, 1.165) is 24.7 Å². The van der Waals surface area contributed by atoms with Crippen molar-refractivity contribution in [1.29, 1.82) is 0 Å². The molecular formula is C23H28FN3O2. The van der Waals surface area contributed by atoms with Crippen molar-refractivity contribution in [3.8, 4) is 0 Å². The molecule has 3 rings (SSSR count). The van der Waals surface area contributed by atoms with Crippen molar-refractivity contribution in [2.45, 2.75) is 33.1 Å². The van der Waals surface area contributed by atoms with Crippen molar-refractivity contribution in [3.05, 3.63) is 54.3 Å². The Hall–Kier alpha value is -2.89. The zero-order valence-corrected chi connectivity index (χ0v) is 17.0. The lowest BCUT2D eigenvalue weighted by Gasteiger charge is -2.32. The van der Waals surface area contributed by atoms with E-state index in [-0.39, 0.29) is 30.5 Å². The molecule has 0 aliphatic carbocycles. The molecule has 2 amide bonds. The third-order valence-corrected chi connectivity index (χ3v) is 5.39. The highest BCUT2D eigenvalue weighted by molar-refractivity contribution is 5.95. The number of amides is 2. The Labute approximate surface area is 171 Å². The van der Waals surface area contributed by atoms with Gasteiger partial charge in [-0.1, -0.05) is 19.1 Å². The number of benzene rings is 2. The molecule has 1 aliphatic heterocycles. The highest BCUT2D eigenvalue weighted by Crippen LogP contribution is 2.24. The lowest BCUT2D eigenvalue weighted by Crippen LogP contribution is -2.33. The van der Waals surface area contributed by atoms with Gasteiger partial charge < -0.3 is 15.1 Å². The molecule has 2 aromatic carbocycles. The maximum absolute atomic E-state index is 14.0. The lowest BCUT2D eigenvalue weighted by atomic mass is 9.99. The topological polar surface area (TPSA) is 52.7 Å². The van der Waals surface area contributed by atoms with Gasteiger partial charge in [-0.2, -0.15) is 0 Å². The fourth-order valence-electron chi connectivity index (χ4n) is 3.58. The molecule has 154 valence electrons. The predicted octanol–water partition coefficient (Wildman–Crippen LogP) is 4.44. The van der Waals surface area contributed by atoms with Gasteiger partial charge in [0.2, 0.25) is 11.8 Å². The van der Waals surface area contributed by atoms with Gasteiger partial charge in [0.05, 0.1) is 5.69 Å². The highest BCUT2D eigenvalue weighted by atomic mass is 19.1. The average molecular weight is 397 g/mol. The first kappa shape index (κ1) is 20.8. The average Bonchev–Trinajstić information content (AvgIpc) is 2.70. The minimum absolute atomic E-state index is 0.0830. The van der Waals surface area contributed by atoms with Crippen molar-refractivity contribution < 1.29 is 14.0 Å². The monoisotopic (exact) mass is 397 g/mol. The van der Waals surface area contributed by atoms with E-state index in [1.54, 1.807) is 12.1 Å². The summed E-state index contributed by atoms with van der Waals surface area (Å²) in [6.07, 6.45) is 2.49. The Morgan fingerprint density at radius 2 is 1.76 bits per heavy atom. The number of nitrogens with one attached hydrogen (secondary N) is 1. The summed E-state index contributed by atoms with van der Waals surface area (Å²) in [5.41, 5.74) is 2.06. The van der Waals surface area contributed by atoms with Gasteiger partial charge in [-0.05, 0) is 55.2 Å². The molecule has 0 atom stereocenters. The van der Waals surface area contributed by atoms with Crippen LogP contribution in [0, 0.1) is 11.7 Å². The fourth-order valence-corrected chi connectivity index (χ4v) is 3.58. The molecule has 0 bridgehead atoms. The van der Waals surface area contributed by atoms with E-state index in [1.807, 2.05) is 24.3 Å². The molecule has 0 radical (unpaired) electrons. The zero-order valence-electron chi connectivity index (χ0n) is 17.0. The third kappa shape index (κ3) is 5.56. The molecule has 0 unspecified atom stereocenters. The fraction of sp³-hybridized carbons (Fsp3) is 0.391. The van der Waals surface area contributed by atoms with Gasteiger partial charge in [0, 0.05) is 44.4 Å². The van der Waals surface area contributed by atoms with E-state index in [1.165, 1.54) is 36.8 Å². The van der Waals surface area contributed by atoms with E-state index < -0.39 is 5.82 Å². The number of anilines is 3. The van der Waals surface area contributed by atoms with Crippen molar-refractivity contribution in [2.75, 3.05) is 34.8 Å². The molecular weight excluding hydrogens is 369 g/mol. The van der Waals surface area contributed by atoms with Gasteiger partial charge in [0.25, 0.3) is 0 Å². The summed E-state index contributed by atoms with van der Waals surface area (Å²) in [6, 6.07) is 13.9. The molecule has 1 saturated heterocycles. The highest BCUT2D eigenvalue weighted by Gasteiger charge is 2.18. The van der Waals surface area contributed by atoms with Gasteiger partial charge in [0.1, 0.15) is 5.82 Å². The molecule has 1 N–H and O–H groups in total. The largest absolute Gasteiger partial charge is 0.372 e. The number of carbonyl (C=O) groups is 2. The minimum Gasteiger partial charge on any atom is -0.372 e. The SMILES string of the molecule is CC(=O)N(CCC(=O)Nc1ccc(N2CCC(C)CC2)cc1)c1ccccc1F. The van der Waals surface area contributed by atoms with Crippen LogP contribution >= 0.6 is 0 Å². The Kier molecular flexibility index (Phi) is 6.86. The third-order valence-electron chi connectivity index (χ3n) is 5.39. The molecule has 2 aromatic rings. The Morgan fingerprint density at radius 3 is 2.38 bits per heavy atom. The maximum atomic E-state index is 14.0. The first-order chi connectivity index (χ1) is 13.9. The normalized spacial score (nSPS) is 14.5. The second-order valence-electron chi connectivity index (χ2n) is 7.64. The summed E-state index contributed by atoms with van der Waals surface area (Å²) < 4.78 is 14.0. The van der Waals surface area contributed by atoms with Crippen LogP contribution < -0.4 is 15.1 Å². The van der Waals surface area contributed by atoms with Crippen molar-refractivity contribution in [3.63, 3.8) is 0 Å². The number of hydrogen-bond donors (Lipinski definition) is 1. The second kappa shape index (κ2) is 9.54. The molecule has 0 saturated carbocycles. The van der Waals surface area contributed by atoms with Crippen LogP contribution in [0.15, 0.2) is 48.5 Å². The van der Waals surface area contributed by atoms with Crippen LogP contribution in [-0.4, -0.2) is 31.4 Å². The first-order valence-electron chi connectivity index (χ1n) is 10.1. The molecule has 1 heterocycles. The molecule has 0 aromatic heterocycles. The van der Waals surface area contributed by atoms with Gasteiger partial charge in [-0.15, -0.1) is 0 Å². The van der Waals surface area contributed by atoms with E-state index in [4.69, 9.17) is 0 Å². The number of hydrogen-bond acceptors (Lipinski definition) is 3. The Morgan fingerprint density at radius 1 is 1.10 bits per heavy atom. The number of para-hydroxylation sites is 1. The van der Waals surface area contributed by atoms with Crippen LogP contribution in [0.5, 0.6) is 0 Å². The summed E-state index contributed by atoms with van der Waals surface area (Å²) in [5.74, 6) is -0.218. The van der Waals surface area contributed by atoms with Crippen molar-refractivity contribution in [1.82, 2.24) is 0 Å². The molecule has 0 spiro atoms. The minimum atomic E-state index is -0.481. The Balaban J connectivity index is 1.55. The summed E-state index contributed by atoms with van der Waals surface area (Å²) in [5, 5.41) is 2.85. The molecule has 1 aliphatic rings. The van der Waals surface area contributed by atoms with Crippen molar-refractivity contribution in [2.24, 2.45) is 5.92 Å². The number of carbonyl (C=O) groups excluding carboxylic acids is 2. The van der Waals surface area contributed by atoms with Gasteiger partial charge in [0.15, 0.2) is 0 Å². The number of piperidine rings is 1. The smallest absolute Gasteiger partial charge is 0.226 e. The number of nitrogens with zero attached hydrogens (tertiary/aromatic N) is 2. The number of rotatable bonds is 6. The van der Waals surface area contributed by atoms with Crippen molar-refractivity contribution >= 4 is 28.9 Å². The molecule has 6 heteroatoms. The van der Waals surface area contributed by atoms with Crippen LogP contribution in [0.3, 0.4) is 0 Å². The quantitative estimate of drug-likeness (QED) is 0.784.